The van der Waals surface area contributed by atoms with Gasteiger partial charge in [-0.3, -0.25) is 4.90 Å². The Morgan fingerprint density at radius 2 is 2.00 bits per heavy atom. The minimum Gasteiger partial charge on any atom is -0.306 e. The predicted octanol–water partition coefficient (Wildman–Crippen LogP) is 3.47. The smallest absolute Gasteiger partial charge is 0.306 e. The van der Waals surface area contributed by atoms with Crippen molar-refractivity contribution in [3.63, 3.8) is 0 Å². The van der Waals surface area contributed by atoms with E-state index in [1.54, 1.807) is 0 Å². The minimum atomic E-state index is -4.82. The lowest BCUT2D eigenvalue weighted by atomic mass is 9.88. The topological polar surface area (TPSA) is 88.3 Å². The van der Waals surface area contributed by atoms with Gasteiger partial charge in [0.1, 0.15) is 11.1 Å². The quantitative estimate of drug-likeness (QED) is 0.628. The third-order valence-corrected chi connectivity index (χ3v) is 4.74. The van der Waals surface area contributed by atoms with Crippen LogP contribution in [0.4, 0.5) is 42.5 Å². The SMILES string of the molecule is CC1(C(F)(F)F)CN(C(=O)Nc2cnnc(C(F)F)c2)c2cnc3cc(F)nn3c21. The van der Waals surface area contributed by atoms with Crippen molar-refractivity contribution >= 4 is 23.1 Å². The van der Waals surface area contributed by atoms with Gasteiger partial charge in [-0.25, -0.2) is 23.1 Å². The van der Waals surface area contributed by atoms with Gasteiger partial charge in [0.2, 0.25) is 5.95 Å². The fraction of sp³-hybridized carbons (Fsp3) is 0.312. The number of hydrogen-bond acceptors (Lipinski definition) is 5. The van der Waals surface area contributed by atoms with Crippen molar-refractivity contribution in [3.05, 3.63) is 41.9 Å². The second-order valence-corrected chi connectivity index (χ2v) is 6.75. The summed E-state index contributed by atoms with van der Waals surface area (Å²) in [5, 5.41) is 12.2. The zero-order valence-electron chi connectivity index (χ0n) is 15.0. The second kappa shape index (κ2) is 6.53. The van der Waals surface area contributed by atoms with Crippen LogP contribution in [0.25, 0.3) is 5.65 Å². The number of carbonyl (C=O) groups is 1. The van der Waals surface area contributed by atoms with Gasteiger partial charge in [0.25, 0.3) is 6.43 Å². The van der Waals surface area contributed by atoms with Crippen LogP contribution in [-0.4, -0.2) is 43.5 Å². The molecule has 1 aliphatic heterocycles. The molecule has 0 saturated heterocycles. The maximum absolute atomic E-state index is 13.9. The van der Waals surface area contributed by atoms with Crippen LogP contribution >= 0.6 is 0 Å². The number of nitrogens with one attached hydrogen (secondary N) is 1. The molecule has 1 aliphatic rings. The molecular formula is C16H11F6N7O. The summed E-state index contributed by atoms with van der Waals surface area (Å²) in [4.78, 5) is 17.3. The van der Waals surface area contributed by atoms with Gasteiger partial charge in [-0.2, -0.15) is 22.7 Å². The van der Waals surface area contributed by atoms with E-state index in [1.165, 1.54) is 0 Å². The van der Waals surface area contributed by atoms with Crippen molar-refractivity contribution in [2.75, 3.05) is 16.8 Å². The molecule has 14 heteroatoms. The molecule has 30 heavy (non-hydrogen) atoms. The van der Waals surface area contributed by atoms with E-state index in [1.807, 2.05) is 0 Å². The highest BCUT2D eigenvalue weighted by molar-refractivity contribution is 6.03. The molecule has 158 valence electrons. The highest BCUT2D eigenvalue weighted by Gasteiger charge is 2.60. The van der Waals surface area contributed by atoms with E-state index in [4.69, 9.17) is 0 Å². The van der Waals surface area contributed by atoms with Gasteiger partial charge in [0.15, 0.2) is 5.65 Å². The third kappa shape index (κ3) is 2.98. The largest absolute Gasteiger partial charge is 0.401 e. The van der Waals surface area contributed by atoms with Crippen LogP contribution in [0.3, 0.4) is 0 Å². The number of amides is 2. The van der Waals surface area contributed by atoms with Crippen molar-refractivity contribution < 1.29 is 31.1 Å². The Morgan fingerprint density at radius 1 is 1.27 bits per heavy atom. The van der Waals surface area contributed by atoms with Crippen molar-refractivity contribution in [2.45, 2.75) is 24.9 Å². The molecule has 1 atom stereocenters. The molecule has 3 aromatic rings. The van der Waals surface area contributed by atoms with Gasteiger partial charge in [0, 0.05) is 12.6 Å². The minimum absolute atomic E-state index is 0.163. The molecule has 0 aliphatic carbocycles. The lowest BCUT2D eigenvalue weighted by molar-refractivity contribution is -0.181. The van der Waals surface area contributed by atoms with Crippen LogP contribution in [0, 0.1) is 5.95 Å². The summed E-state index contributed by atoms with van der Waals surface area (Å²) in [5.41, 5.74) is -4.39. The van der Waals surface area contributed by atoms with Gasteiger partial charge in [0.05, 0.1) is 29.5 Å². The summed E-state index contributed by atoms with van der Waals surface area (Å²) in [6, 6.07) is 0.653. The zero-order chi connectivity index (χ0) is 21.8. The molecule has 3 aromatic heterocycles. The van der Waals surface area contributed by atoms with Crippen molar-refractivity contribution in [2.24, 2.45) is 0 Å². The standard InChI is InChI=1S/C16H11F6N7O/c1-15(16(20,21)22)6-28(9-5-23-11-3-10(17)27-29(11)12(9)15)14(30)25-7-2-8(13(18)19)26-24-4-7/h2-5,13H,6H2,1H3,(H,25,26,30). The molecule has 0 aromatic carbocycles. The van der Waals surface area contributed by atoms with Gasteiger partial charge in [-0.15, -0.1) is 10.2 Å². The number of hydrogen-bond donors (Lipinski definition) is 1. The Morgan fingerprint density at radius 3 is 2.67 bits per heavy atom. The fourth-order valence-electron chi connectivity index (χ4n) is 3.24. The number of halogens is 6. The Labute approximate surface area is 163 Å². The first-order chi connectivity index (χ1) is 14.0. The molecule has 0 bridgehead atoms. The number of aromatic nitrogens is 5. The number of fused-ring (bicyclic) bond motifs is 3. The number of alkyl halides is 5. The molecule has 0 fully saturated rings. The molecule has 0 radical (unpaired) electrons. The van der Waals surface area contributed by atoms with Gasteiger partial charge in [-0.1, -0.05) is 0 Å². The molecule has 1 N–H and O–H groups in total. The van der Waals surface area contributed by atoms with E-state index in [0.29, 0.717) is 4.52 Å². The van der Waals surface area contributed by atoms with E-state index >= 15 is 0 Å². The van der Waals surface area contributed by atoms with Crippen LogP contribution in [0.15, 0.2) is 24.5 Å². The van der Waals surface area contributed by atoms with E-state index in [2.05, 4.69) is 25.6 Å². The van der Waals surface area contributed by atoms with Gasteiger partial charge >= 0.3 is 12.2 Å². The Balaban J connectivity index is 1.77. The first kappa shape index (κ1) is 19.8. The van der Waals surface area contributed by atoms with Crippen molar-refractivity contribution in [1.29, 1.82) is 0 Å². The molecule has 0 spiro atoms. The van der Waals surface area contributed by atoms with Crippen molar-refractivity contribution in [1.82, 2.24) is 24.8 Å². The molecule has 8 nitrogen and oxygen atoms in total. The van der Waals surface area contributed by atoms with Gasteiger partial charge < -0.3 is 5.32 Å². The zero-order valence-corrected chi connectivity index (χ0v) is 15.0. The highest BCUT2D eigenvalue weighted by Crippen LogP contribution is 2.49. The molecule has 4 rings (SSSR count). The number of urea groups is 1. The van der Waals surface area contributed by atoms with E-state index in [9.17, 15) is 31.1 Å². The fourth-order valence-corrected chi connectivity index (χ4v) is 3.24. The number of nitrogens with zero attached hydrogens (tertiary/aromatic N) is 6. The molecule has 0 saturated carbocycles. The highest BCUT2D eigenvalue weighted by atomic mass is 19.4. The van der Waals surface area contributed by atoms with E-state index in [0.717, 1.165) is 36.4 Å². The van der Waals surface area contributed by atoms with Crippen LogP contribution in [0.1, 0.15) is 24.7 Å². The molecule has 1 unspecified atom stereocenters. The molecule has 4 heterocycles. The summed E-state index contributed by atoms with van der Waals surface area (Å²) in [5.74, 6) is -1.04. The van der Waals surface area contributed by atoms with Crippen LogP contribution < -0.4 is 10.2 Å². The summed E-state index contributed by atoms with van der Waals surface area (Å²) in [6.45, 7) is -0.0127. The molecular weight excluding hydrogens is 420 g/mol. The summed E-state index contributed by atoms with van der Waals surface area (Å²) < 4.78 is 81.6. The first-order valence-corrected chi connectivity index (χ1v) is 8.32. The Bertz CT molecular complexity index is 1150. The maximum Gasteiger partial charge on any atom is 0.401 e. The summed E-state index contributed by atoms with van der Waals surface area (Å²) in [7, 11) is 0. The normalized spacial score (nSPS) is 18.9. The summed E-state index contributed by atoms with van der Waals surface area (Å²) >= 11 is 0. The Hall–Kier alpha value is -3.45. The lowest BCUT2D eigenvalue weighted by Gasteiger charge is -2.28. The Kier molecular flexibility index (Phi) is 4.32. The second-order valence-electron chi connectivity index (χ2n) is 6.75. The number of carbonyl (C=O) groups excluding carboxylic acids is 1. The van der Waals surface area contributed by atoms with Crippen LogP contribution in [-0.2, 0) is 5.41 Å². The van der Waals surface area contributed by atoms with Crippen LogP contribution in [0.2, 0.25) is 0 Å². The number of anilines is 2. The number of rotatable bonds is 2. The first-order valence-electron chi connectivity index (χ1n) is 8.32. The van der Waals surface area contributed by atoms with Crippen molar-refractivity contribution in [3.8, 4) is 0 Å². The average Bonchev–Trinajstić information content (AvgIpc) is 3.19. The predicted molar refractivity (Wildman–Crippen MR) is 89.7 cm³/mol. The van der Waals surface area contributed by atoms with Crippen LogP contribution in [0.5, 0.6) is 0 Å². The van der Waals surface area contributed by atoms with E-state index < -0.39 is 47.9 Å². The third-order valence-electron chi connectivity index (χ3n) is 4.74. The van der Waals surface area contributed by atoms with Gasteiger partial charge in [-0.05, 0) is 13.0 Å². The maximum atomic E-state index is 13.9. The monoisotopic (exact) mass is 431 g/mol. The lowest BCUT2D eigenvalue weighted by Crippen LogP contribution is -2.46. The average molecular weight is 431 g/mol. The van der Waals surface area contributed by atoms with E-state index in [-0.39, 0.29) is 17.0 Å². The summed E-state index contributed by atoms with van der Waals surface area (Å²) in [6.07, 6.45) is -5.82. The molecule has 2 amide bonds.